The highest BCUT2D eigenvalue weighted by molar-refractivity contribution is 5.30. The van der Waals surface area contributed by atoms with Gasteiger partial charge in [0.05, 0.1) is 6.10 Å². The smallest absolute Gasteiger partial charge is 0.165 e. The molecule has 0 heterocycles. The summed E-state index contributed by atoms with van der Waals surface area (Å²) in [5.41, 5.74) is -0.162. The van der Waals surface area contributed by atoms with E-state index >= 15 is 0 Å². The molecule has 2 N–H and O–H groups in total. The van der Waals surface area contributed by atoms with Gasteiger partial charge in [-0.25, -0.2) is 8.78 Å². The largest absolute Gasteiger partial charge is 0.505 e. The zero-order chi connectivity index (χ0) is 9.30. The number of hydrogen-bond donors (Lipinski definition) is 2. The van der Waals surface area contributed by atoms with E-state index in [9.17, 15) is 8.78 Å². The van der Waals surface area contributed by atoms with Crippen LogP contribution in [-0.2, 0) is 0 Å². The van der Waals surface area contributed by atoms with Gasteiger partial charge in [0, 0.05) is 11.6 Å². The molecular formula is C8H8F2O2. The summed E-state index contributed by atoms with van der Waals surface area (Å²) in [6, 6.07) is 1.41. The van der Waals surface area contributed by atoms with Crippen molar-refractivity contribution >= 4 is 0 Å². The Morgan fingerprint density at radius 1 is 1.25 bits per heavy atom. The molecule has 1 aromatic carbocycles. The second-order valence-electron chi connectivity index (χ2n) is 2.50. The molecule has 0 spiro atoms. The lowest BCUT2D eigenvalue weighted by molar-refractivity contribution is 0.193. The third-order valence-corrected chi connectivity index (χ3v) is 1.52. The summed E-state index contributed by atoms with van der Waals surface area (Å²) >= 11 is 0. The quantitative estimate of drug-likeness (QED) is 0.680. The van der Waals surface area contributed by atoms with Crippen molar-refractivity contribution in [1.82, 2.24) is 0 Å². The summed E-state index contributed by atoms with van der Waals surface area (Å²) in [6.07, 6.45) is -1.08. The molecule has 1 rings (SSSR count). The van der Waals surface area contributed by atoms with Gasteiger partial charge in [-0.3, -0.25) is 0 Å². The number of phenolic OH excluding ortho intramolecular Hbond substituents is 1. The van der Waals surface area contributed by atoms with Crippen LogP contribution in [0.1, 0.15) is 18.6 Å². The molecule has 0 amide bonds. The Hall–Kier alpha value is -1.16. The SMILES string of the molecule is CC(O)c1cc(F)c(O)cc1F. The Morgan fingerprint density at radius 3 is 2.33 bits per heavy atom. The van der Waals surface area contributed by atoms with Crippen LogP contribution in [0.15, 0.2) is 12.1 Å². The molecule has 1 atom stereocenters. The number of aromatic hydroxyl groups is 1. The fraction of sp³-hybridized carbons (Fsp3) is 0.250. The highest BCUT2D eigenvalue weighted by Crippen LogP contribution is 2.23. The molecule has 2 nitrogen and oxygen atoms in total. The fourth-order valence-electron chi connectivity index (χ4n) is 0.872. The second kappa shape index (κ2) is 3.06. The summed E-state index contributed by atoms with van der Waals surface area (Å²) in [5.74, 6) is -2.51. The van der Waals surface area contributed by atoms with Crippen LogP contribution in [0.3, 0.4) is 0 Å². The molecule has 4 heteroatoms. The molecule has 0 aromatic heterocycles. The third kappa shape index (κ3) is 1.53. The summed E-state index contributed by atoms with van der Waals surface area (Å²) < 4.78 is 25.4. The average molecular weight is 174 g/mol. The molecule has 1 unspecified atom stereocenters. The van der Waals surface area contributed by atoms with Crippen LogP contribution in [0.25, 0.3) is 0 Å². The van der Waals surface area contributed by atoms with Gasteiger partial charge < -0.3 is 10.2 Å². The van der Waals surface area contributed by atoms with Crippen LogP contribution in [0.4, 0.5) is 8.78 Å². The Balaban J connectivity index is 3.23. The van der Waals surface area contributed by atoms with Gasteiger partial charge in [0.1, 0.15) is 5.82 Å². The van der Waals surface area contributed by atoms with Gasteiger partial charge in [-0.2, -0.15) is 0 Å². The second-order valence-corrected chi connectivity index (χ2v) is 2.50. The van der Waals surface area contributed by atoms with Crippen molar-refractivity contribution in [2.24, 2.45) is 0 Å². The highest BCUT2D eigenvalue weighted by Gasteiger charge is 2.12. The first-order valence-electron chi connectivity index (χ1n) is 3.38. The molecule has 0 aliphatic rings. The van der Waals surface area contributed by atoms with Crippen LogP contribution in [0.2, 0.25) is 0 Å². The number of aliphatic hydroxyl groups is 1. The maximum Gasteiger partial charge on any atom is 0.165 e. The molecule has 66 valence electrons. The Kier molecular flexibility index (Phi) is 2.28. The topological polar surface area (TPSA) is 40.5 Å². The van der Waals surface area contributed by atoms with Crippen LogP contribution in [0, 0.1) is 11.6 Å². The highest BCUT2D eigenvalue weighted by atomic mass is 19.1. The van der Waals surface area contributed by atoms with Crippen molar-refractivity contribution < 1.29 is 19.0 Å². The van der Waals surface area contributed by atoms with E-state index in [1.54, 1.807) is 0 Å². The molecule has 12 heavy (non-hydrogen) atoms. The van der Waals surface area contributed by atoms with Gasteiger partial charge in [-0.05, 0) is 13.0 Å². The zero-order valence-corrected chi connectivity index (χ0v) is 6.38. The van der Waals surface area contributed by atoms with Crippen molar-refractivity contribution in [3.8, 4) is 5.75 Å². The van der Waals surface area contributed by atoms with E-state index in [0.717, 1.165) is 6.07 Å². The number of phenols is 1. The summed E-state index contributed by atoms with van der Waals surface area (Å²) in [5, 5.41) is 17.6. The number of hydrogen-bond acceptors (Lipinski definition) is 2. The van der Waals surface area contributed by atoms with E-state index in [1.807, 2.05) is 0 Å². The van der Waals surface area contributed by atoms with Crippen molar-refractivity contribution in [3.05, 3.63) is 29.3 Å². The summed E-state index contributed by atoms with van der Waals surface area (Å²) in [7, 11) is 0. The Labute approximate surface area is 68.1 Å². The number of benzene rings is 1. The Morgan fingerprint density at radius 2 is 1.83 bits per heavy atom. The third-order valence-electron chi connectivity index (χ3n) is 1.52. The lowest BCUT2D eigenvalue weighted by atomic mass is 10.1. The van der Waals surface area contributed by atoms with Crippen molar-refractivity contribution in [2.45, 2.75) is 13.0 Å². The van der Waals surface area contributed by atoms with E-state index in [4.69, 9.17) is 10.2 Å². The van der Waals surface area contributed by atoms with E-state index in [2.05, 4.69) is 0 Å². The average Bonchev–Trinajstić information content (AvgIpc) is 1.96. The normalized spacial score (nSPS) is 13.0. The number of aliphatic hydroxyl groups excluding tert-OH is 1. The molecule has 0 aliphatic heterocycles. The number of rotatable bonds is 1. The minimum atomic E-state index is -1.08. The molecule has 0 fully saturated rings. The van der Waals surface area contributed by atoms with Gasteiger partial charge in [-0.15, -0.1) is 0 Å². The molecular weight excluding hydrogens is 166 g/mol. The predicted molar refractivity (Wildman–Crippen MR) is 38.7 cm³/mol. The summed E-state index contributed by atoms with van der Waals surface area (Å²) in [4.78, 5) is 0. The van der Waals surface area contributed by atoms with Gasteiger partial charge in [-0.1, -0.05) is 0 Å². The first-order chi connectivity index (χ1) is 5.52. The zero-order valence-electron chi connectivity index (χ0n) is 6.38. The number of halogens is 2. The standard InChI is InChI=1S/C8H8F2O2/c1-4(11)5-2-7(10)8(12)3-6(5)9/h2-4,11-12H,1H3. The van der Waals surface area contributed by atoms with E-state index in [-0.39, 0.29) is 5.56 Å². The van der Waals surface area contributed by atoms with Gasteiger partial charge in [0.2, 0.25) is 0 Å². The maximum absolute atomic E-state index is 12.8. The first kappa shape index (κ1) is 8.93. The van der Waals surface area contributed by atoms with Crippen LogP contribution in [0.5, 0.6) is 5.75 Å². The summed E-state index contributed by atoms with van der Waals surface area (Å²) in [6.45, 7) is 1.31. The van der Waals surface area contributed by atoms with E-state index in [0.29, 0.717) is 6.07 Å². The van der Waals surface area contributed by atoms with Crippen LogP contribution >= 0.6 is 0 Å². The molecule has 1 aromatic rings. The molecule has 0 radical (unpaired) electrons. The van der Waals surface area contributed by atoms with Gasteiger partial charge in [0.15, 0.2) is 11.6 Å². The van der Waals surface area contributed by atoms with Crippen molar-refractivity contribution in [2.75, 3.05) is 0 Å². The van der Waals surface area contributed by atoms with Gasteiger partial charge in [0.25, 0.3) is 0 Å². The van der Waals surface area contributed by atoms with Crippen molar-refractivity contribution in [3.63, 3.8) is 0 Å². The van der Waals surface area contributed by atoms with Crippen molar-refractivity contribution in [1.29, 1.82) is 0 Å². The minimum Gasteiger partial charge on any atom is -0.505 e. The van der Waals surface area contributed by atoms with E-state index in [1.165, 1.54) is 6.92 Å². The molecule has 0 bridgehead atoms. The van der Waals surface area contributed by atoms with Gasteiger partial charge >= 0.3 is 0 Å². The lowest BCUT2D eigenvalue weighted by Gasteiger charge is -2.06. The minimum absolute atomic E-state index is 0.162. The van der Waals surface area contributed by atoms with E-state index < -0.39 is 23.5 Å². The van der Waals surface area contributed by atoms with Crippen LogP contribution < -0.4 is 0 Å². The monoisotopic (exact) mass is 174 g/mol. The van der Waals surface area contributed by atoms with Crippen LogP contribution in [-0.4, -0.2) is 10.2 Å². The lowest BCUT2D eigenvalue weighted by Crippen LogP contribution is -1.96. The Bertz CT molecular complexity index is 297. The predicted octanol–water partition coefficient (Wildman–Crippen LogP) is 1.72. The first-order valence-corrected chi connectivity index (χ1v) is 3.38. The fourth-order valence-corrected chi connectivity index (χ4v) is 0.872. The molecule has 0 saturated carbocycles. The maximum atomic E-state index is 12.8. The molecule has 0 saturated heterocycles. The molecule has 0 aliphatic carbocycles.